The molecule has 4 fully saturated rings. The molecule has 4 aliphatic carbocycles. The van der Waals surface area contributed by atoms with Gasteiger partial charge in [0.05, 0.1) is 31.2 Å². The van der Waals surface area contributed by atoms with Crippen LogP contribution in [0.2, 0.25) is 0 Å². The Kier molecular flexibility index (Phi) is 33.4. The number of hydrogen-bond acceptors (Lipinski definition) is 18. The number of carbonyl (C=O) groups is 7. The van der Waals surface area contributed by atoms with Crippen molar-refractivity contribution in [1.82, 2.24) is 60.9 Å². The maximum absolute atomic E-state index is 14.6. The minimum Gasteiger partial charge on any atom is -0.496 e. The van der Waals surface area contributed by atoms with Gasteiger partial charge in [-0.15, -0.1) is 0 Å². The van der Waals surface area contributed by atoms with Crippen LogP contribution in [0, 0.1) is 23.7 Å². The lowest BCUT2D eigenvalue weighted by Gasteiger charge is -2.59. The quantitative estimate of drug-likeness (QED) is 0.00647. The van der Waals surface area contributed by atoms with Crippen molar-refractivity contribution in [2.75, 3.05) is 111 Å². The van der Waals surface area contributed by atoms with E-state index in [0.29, 0.717) is 142 Å². The van der Waals surface area contributed by atoms with E-state index in [2.05, 4.69) is 43.8 Å². The van der Waals surface area contributed by atoms with Crippen molar-refractivity contribution in [1.29, 1.82) is 0 Å². The normalized spacial score (nSPS) is 17.4. The average Bonchev–Trinajstić information content (AvgIpc) is 1.14. The summed E-state index contributed by atoms with van der Waals surface area (Å²) in [5.74, 6) is -1.85. The van der Waals surface area contributed by atoms with E-state index in [4.69, 9.17) is 39.0 Å². The molecule has 4 saturated carbocycles. The number of methoxy groups -OCH3 is 2. The molecule has 4 aromatic rings. The number of aromatic nitrogens is 2. The van der Waals surface area contributed by atoms with Crippen LogP contribution in [0.25, 0.3) is 16.9 Å². The van der Waals surface area contributed by atoms with Crippen LogP contribution in [0.15, 0.2) is 66.7 Å². The Balaban J connectivity index is 0.734. The molecule has 1 aromatic heterocycles. The van der Waals surface area contributed by atoms with Crippen molar-refractivity contribution >= 4 is 87.4 Å². The van der Waals surface area contributed by atoms with E-state index >= 15 is 0 Å². The zero-order chi connectivity index (χ0) is 76.3. The molecule has 30 heteroatoms. The van der Waals surface area contributed by atoms with Gasteiger partial charge in [-0.05, 0) is 250 Å². The van der Waals surface area contributed by atoms with Crippen molar-refractivity contribution < 1.29 is 68.9 Å². The molecule has 1 unspecified atom stereocenters. The van der Waals surface area contributed by atoms with Crippen LogP contribution < -0.4 is 41.4 Å². The molecular weight excluding hydrogens is 1390 g/mol. The van der Waals surface area contributed by atoms with Gasteiger partial charge in [0.25, 0.3) is 11.8 Å². The summed E-state index contributed by atoms with van der Waals surface area (Å²) in [6.07, 6.45) is 10.6. The molecule has 4 bridgehead atoms. The number of carbonyl (C=O) groups excluding carboxylic acids is 6. The summed E-state index contributed by atoms with van der Waals surface area (Å²) in [5.41, 5.74) is 3.35. The third kappa shape index (κ3) is 24.7. The van der Waals surface area contributed by atoms with Gasteiger partial charge in [-0.25, -0.2) is 24.7 Å². The maximum Gasteiger partial charge on any atom is 0.330 e. The summed E-state index contributed by atoms with van der Waals surface area (Å²) in [4.78, 5) is 95.9. The average molecular weight is 1500 g/mol. The van der Waals surface area contributed by atoms with Gasteiger partial charge in [-0.2, -0.15) is 5.10 Å². The number of nitrogens with one attached hydrogen (secondary N) is 6. The van der Waals surface area contributed by atoms with Crippen LogP contribution in [0.5, 0.6) is 11.5 Å². The Morgan fingerprint density at radius 1 is 0.629 bits per heavy atom. The van der Waals surface area contributed by atoms with E-state index in [1.165, 1.54) is 6.92 Å². The molecule has 0 radical (unpaired) electrons. The summed E-state index contributed by atoms with van der Waals surface area (Å²) in [6, 6.07) is 20.3. The first-order valence-corrected chi connectivity index (χ1v) is 37.8. The van der Waals surface area contributed by atoms with Gasteiger partial charge in [-0.1, -0.05) is 26.3 Å². The number of unbranched alkanes of at least 4 members (excludes halogenated alkanes) is 6. The van der Waals surface area contributed by atoms with Crippen LogP contribution in [0.4, 0.5) is 11.4 Å². The molecule has 105 heavy (non-hydrogen) atoms. The van der Waals surface area contributed by atoms with Gasteiger partial charge in [0.2, 0.25) is 23.6 Å². The fraction of sp³-hybridized carbons (Fsp3) is 0.600. The number of carboxylic acids is 1. The summed E-state index contributed by atoms with van der Waals surface area (Å²) in [5, 5.41) is 77.3. The first kappa shape index (κ1) is 84.2. The van der Waals surface area contributed by atoms with Crippen molar-refractivity contribution in [3.63, 3.8) is 0 Å². The SMILES string of the molecule is COc1cccc(OC)c1-c1cc(C(=O)NC2(C(=O)O)C3CC4CC(C3)CC2C4)nn1-c1ccc(C(=O)N(C)CCCN(C)CCCN(C)C(=S)Nc2ccc(NC(=S)NCCCCCN(O)C(=O)CCC(O)NCCCCCN(O)C(=O)CCC(=O)NCCCCCN(O)C(C)=O)cc2)cc1C(C)C. The number of aliphatic hydroxyl groups excluding tert-OH is 1. The van der Waals surface area contributed by atoms with Gasteiger partial charge >= 0.3 is 5.97 Å². The van der Waals surface area contributed by atoms with E-state index in [1.54, 1.807) is 35.9 Å². The lowest BCUT2D eigenvalue weighted by Crippen LogP contribution is -2.70. The van der Waals surface area contributed by atoms with Crippen molar-refractivity contribution in [2.45, 2.75) is 167 Å². The number of carboxylic acid groups (broad SMARTS) is 1. The molecule has 4 aliphatic rings. The number of anilines is 2. The van der Waals surface area contributed by atoms with E-state index in [0.717, 1.165) is 94.4 Å². The Hall–Kier alpha value is -8.10. The van der Waals surface area contributed by atoms with Crippen molar-refractivity contribution in [2.24, 2.45) is 23.7 Å². The Bertz CT molecular complexity index is 3510. The number of ether oxygens (including phenoxy) is 2. The number of hydrogen-bond donors (Lipinski definition) is 11. The lowest BCUT2D eigenvalue weighted by molar-refractivity contribution is -0.166. The zero-order valence-corrected chi connectivity index (χ0v) is 64.0. The molecule has 11 N–H and O–H groups in total. The number of benzene rings is 3. The minimum atomic E-state index is -1.37. The first-order chi connectivity index (χ1) is 50.2. The van der Waals surface area contributed by atoms with E-state index in [9.17, 15) is 59.4 Å². The van der Waals surface area contributed by atoms with Crippen molar-refractivity contribution in [3.8, 4) is 28.4 Å². The zero-order valence-electron chi connectivity index (χ0n) is 62.3. The van der Waals surface area contributed by atoms with Crippen molar-refractivity contribution in [3.05, 3.63) is 83.6 Å². The fourth-order valence-electron chi connectivity index (χ4n) is 14.5. The molecule has 1 atom stereocenters. The van der Waals surface area contributed by atoms with Gasteiger partial charge in [0.15, 0.2) is 15.9 Å². The number of nitrogens with zero attached hydrogens (tertiary/aromatic N) is 8. The Labute approximate surface area is 628 Å². The molecule has 28 nitrogen and oxygen atoms in total. The molecule has 3 aromatic carbocycles. The second kappa shape index (κ2) is 41.7. The van der Waals surface area contributed by atoms with Gasteiger partial charge in [-0.3, -0.25) is 49.7 Å². The number of amides is 6. The smallest absolute Gasteiger partial charge is 0.330 e. The topological polar surface area (TPSA) is 349 Å². The summed E-state index contributed by atoms with van der Waals surface area (Å²) in [6.45, 7) is 10.1. The highest BCUT2D eigenvalue weighted by atomic mass is 32.1. The maximum atomic E-state index is 14.6. The molecular formula is C75H112N14O14S2. The van der Waals surface area contributed by atoms with Crippen LogP contribution in [-0.4, -0.2) is 230 Å². The standard InChI is InChI=1S/C75H112N14O14S2/c1-50(2)59-48-54(23-28-61(59)89-62(69-63(102-7)21-18-22-64(69)103-8)49-60(82-89)70(95)81-75(72(97)98)55-44-52-43-53(46-55)47-56(75)45-52)71(96)84(5)38-19-36-83(4)37-20-39-85(6)74(105)80-58-26-24-57(25-27-58)79-73(104)78-35-14-11-17-42-88(101)68(94)32-30-66(92)77-34-13-10-16-41-87(100)67(93)31-29-65(91)76-33-12-9-15-40-86(99)51(3)90/h18,21-28,48-50,52-53,55-56,66,77,92,99-101H,9-17,19-20,29-47H2,1-8H3,(H,76,91)(H,80,105)(H,81,95)(H,97,98)(H2,78,79,104). The largest absolute Gasteiger partial charge is 0.496 e. The number of aliphatic carboxylic acids is 1. The van der Waals surface area contributed by atoms with Gasteiger partial charge < -0.3 is 61.0 Å². The van der Waals surface area contributed by atoms with Crippen LogP contribution >= 0.6 is 24.4 Å². The van der Waals surface area contributed by atoms with Crippen LogP contribution in [0.3, 0.4) is 0 Å². The third-order valence-electron chi connectivity index (χ3n) is 20.3. The molecule has 0 saturated heterocycles. The summed E-state index contributed by atoms with van der Waals surface area (Å²) in [7, 11) is 8.95. The second-order valence-electron chi connectivity index (χ2n) is 28.5. The van der Waals surface area contributed by atoms with Crippen LogP contribution in [0.1, 0.15) is 182 Å². The number of hydroxylamine groups is 6. The summed E-state index contributed by atoms with van der Waals surface area (Å²) < 4.78 is 13.4. The van der Waals surface area contributed by atoms with E-state index in [1.807, 2.05) is 87.4 Å². The Morgan fingerprint density at radius 3 is 1.73 bits per heavy atom. The first-order valence-electron chi connectivity index (χ1n) is 37.0. The fourth-order valence-corrected chi connectivity index (χ4v) is 15.0. The highest BCUT2D eigenvalue weighted by Crippen LogP contribution is 2.58. The number of rotatable bonds is 44. The summed E-state index contributed by atoms with van der Waals surface area (Å²) >= 11 is 11.3. The van der Waals surface area contributed by atoms with E-state index in [-0.39, 0.29) is 80.6 Å². The molecule has 578 valence electrons. The van der Waals surface area contributed by atoms with Crippen LogP contribution in [-0.2, 0) is 24.0 Å². The molecule has 0 aliphatic heterocycles. The molecule has 6 amide bonds. The third-order valence-corrected chi connectivity index (χ3v) is 20.9. The molecule has 1 heterocycles. The molecule has 8 rings (SSSR count). The highest BCUT2D eigenvalue weighted by Gasteiger charge is 2.62. The van der Waals surface area contributed by atoms with Gasteiger partial charge in [0.1, 0.15) is 23.3 Å². The predicted octanol–water partition coefficient (Wildman–Crippen LogP) is 8.86. The number of thiocarbonyl (C=S) groups is 2. The monoisotopic (exact) mass is 1500 g/mol. The second-order valence-corrected chi connectivity index (χ2v) is 29.3. The molecule has 0 spiro atoms. The Morgan fingerprint density at radius 2 is 1.17 bits per heavy atom. The predicted molar refractivity (Wildman–Crippen MR) is 407 cm³/mol. The minimum absolute atomic E-state index is 0.0486. The number of aliphatic hydroxyl groups is 1. The van der Waals surface area contributed by atoms with E-state index < -0.39 is 41.4 Å². The highest BCUT2D eigenvalue weighted by molar-refractivity contribution is 7.80. The van der Waals surface area contributed by atoms with Gasteiger partial charge in [0, 0.05) is 103 Å². The lowest BCUT2D eigenvalue weighted by atomic mass is 9.48.